The zero-order valence-electron chi connectivity index (χ0n) is 29.0. The van der Waals surface area contributed by atoms with Crippen molar-refractivity contribution in [2.45, 2.75) is 110 Å². The lowest BCUT2D eigenvalue weighted by Crippen LogP contribution is -2.35. The summed E-state index contributed by atoms with van der Waals surface area (Å²) >= 11 is 0. The number of carbonyl (C=O) groups is 3. The molecule has 5 rings (SSSR count). The fraction of sp³-hybridized carbons (Fsp3) is 0.525. The van der Waals surface area contributed by atoms with Crippen LogP contribution in [0.1, 0.15) is 133 Å². The van der Waals surface area contributed by atoms with E-state index in [0.29, 0.717) is 47.7 Å². The summed E-state index contributed by atoms with van der Waals surface area (Å²) in [5.41, 5.74) is 5.01. The minimum atomic E-state index is -0.359. The Kier molecular flexibility index (Phi) is 12.4. The molecule has 48 heavy (non-hydrogen) atoms. The number of piperidine rings is 1. The molecule has 2 unspecified atom stereocenters. The van der Waals surface area contributed by atoms with Gasteiger partial charge in [0.2, 0.25) is 11.7 Å². The van der Waals surface area contributed by atoms with Gasteiger partial charge in [0.1, 0.15) is 6.26 Å². The second-order valence-corrected chi connectivity index (χ2v) is 14.1. The number of anilines is 1. The average Bonchev–Trinajstić information content (AvgIpc) is 3.81. The van der Waals surface area contributed by atoms with Gasteiger partial charge < -0.3 is 20.0 Å². The molecule has 2 amide bonds. The van der Waals surface area contributed by atoms with Crippen molar-refractivity contribution in [2.75, 3.05) is 18.9 Å². The molecule has 2 aliphatic rings. The first-order chi connectivity index (χ1) is 23.2. The molecule has 1 saturated heterocycles. The van der Waals surface area contributed by atoms with E-state index in [4.69, 9.17) is 9.83 Å². The zero-order valence-corrected chi connectivity index (χ0v) is 29.0. The largest absolute Gasteiger partial charge is 0.448 e. The number of ketones is 1. The van der Waals surface area contributed by atoms with Crippen LogP contribution in [0.5, 0.6) is 0 Å². The molecule has 8 nitrogen and oxygen atoms in total. The highest BCUT2D eigenvalue weighted by Gasteiger charge is 2.30. The van der Waals surface area contributed by atoms with Crippen LogP contribution in [0.3, 0.4) is 0 Å². The Morgan fingerprint density at radius 2 is 1.88 bits per heavy atom. The van der Waals surface area contributed by atoms with Gasteiger partial charge in [-0.25, -0.2) is 4.98 Å². The molecule has 2 heterocycles. The number of unbranched alkanes of at least 4 members (excludes halogenated alkanes) is 1. The number of aryl methyl sites for hydroxylation is 2. The molecule has 256 valence electrons. The van der Waals surface area contributed by atoms with Gasteiger partial charge in [0.05, 0.1) is 5.71 Å². The molecule has 1 aromatic heterocycles. The lowest BCUT2D eigenvalue weighted by Gasteiger charge is -2.28. The summed E-state index contributed by atoms with van der Waals surface area (Å²) in [7, 11) is 1.85. The Hall–Kier alpha value is -4.07. The number of Topliss-reactive ketones (excluding diaryl/α,β-unsaturated/α-hetero) is 1. The van der Waals surface area contributed by atoms with Crippen molar-refractivity contribution in [3.8, 4) is 0 Å². The van der Waals surface area contributed by atoms with Crippen molar-refractivity contribution in [2.24, 2.45) is 11.8 Å². The fourth-order valence-corrected chi connectivity index (χ4v) is 6.91. The Bertz CT molecular complexity index is 1590. The van der Waals surface area contributed by atoms with E-state index in [9.17, 15) is 14.4 Å². The van der Waals surface area contributed by atoms with E-state index in [-0.39, 0.29) is 29.0 Å². The number of benzene rings is 2. The molecule has 2 N–H and O–H groups in total. The predicted molar refractivity (Wildman–Crippen MR) is 190 cm³/mol. The highest BCUT2D eigenvalue weighted by atomic mass is 16.3. The molecule has 2 fully saturated rings. The summed E-state index contributed by atoms with van der Waals surface area (Å²) < 4.78 is 5.56. The van der Waals surface area contributed by atoms with E-state index >= 15 is 0 Å². The summed E-state index contributed by atoms with van der Waals surface area (Å²) in [5.74, 6) is 1.41. The van der Waals surface area contributed by atoms with E-state index in [0.717, 1.165) is 82.7 Å². The van der Waals surface area contributed by atoms with Gasteiger partial charge in [-0.1, -0.05) is 62.6 Å². The summed E-state index contributed by atoms with van der Waals surface area (Å²) in [5, 5.41) is 11.6. The van der Waals surface area contributed by atoms with Crippen LogP contribution in [-0.4, -0.2) is 46.8 Å². The van der Waals surface area contributed by atoms with Crippen molar-refractivity contribution in [3.05, 3.63) is 82.6 Å². The number of carbonyl (C=O) groups excluding carboxylic acids is 3. The maximum atomic E-state index is 13.4. The third-order valence-corrected chi connectivity index (χ3v) is 10.2. The van der Waals surface area contributed by atoms with Crippen molar-refractivity contribution < 1.29 is 18.8 Å². The minimum Gasteiger partial charge on any atom is -0.448 e. The second-order valence-electron chi connectivity index (χ2n) is 14.1. The number of oxazole rings is 1. The van der Waals surface area contributed by atoms with Crippen molar-refractivity contribution >= 4 is 29.0 Å². The number of amides is 2. The number of hydrogen-bond acceptors (Lipinski definition) is 6. The number of nitrogens with one attached hydrogen (secondary N) is 2. The van der Waals surface area contributed by atoms with E-state index in [2.05, 4.69) is 48.4 Å². The van der Waals surface area contributed by atoms with E-state index in [1.165, 1.54) is 23.8 Å². The SMILES string of the molecule is CCCC(CCCc1ccc(C(=O)C(=N)CCCCC2CCN(C)C(=O)C2)cc1NC(=O)c1coc(C2CC2)n1)Cc1ccccc1C. The molecule has 2 aromatic carbocycles. The van der Waals surface area contributed by atoms with Gasteiger partial charge in [-0.05, 0) is 106 Å². The van der Waals surface area contributed by atoms with Crippen LogP contribution in [0.2, 0.25) is 0 Å². The third-order valence-electron chi connectivity index (χ3n) is 10.2. The lowest BCUT2D eigenvalue weighted by atomic mass is 9.88. The Labute approximate surface area is 285 Å². The molecule has 1 saturated carbocycles. The van der Waals surface area contributed by atoms with Crippen LogP contribution in [-0.2, 0) is 17.6 Å². The van der Waals surface area contributed by atoms with Gasteiger partial charge >= 0.3 is 0 Å². The number of aromatic nitrogens is 1. The molecule has 0 spiro atoms. The van der Waals surface area contributed by atoms with E-state index in [1.54, 1.807) is 17.0 Å². The summed E-state index contributed by atoms with van der Waals surface area (Å²) in [6, 6.07) is 14.1. The standard InChI is InChI=1S/C40H52N4O4/c1-4-10-28(23-32-14-7-5-11-27(32)2)13-9-15-30-17-20-33(25-35(30)42-39(47)36-26-48-40(43-36)31-18-19-31)38(46)34(41)16-8-6-12-29-21-22-44(3)37(45)24-29/h5,7,11,14,17,20,25-26,28-29,31,41H,4,6,8-10,12-13,15-16,18-19,21-24H2,1-3H3,(H,42,47). The summed E-state index contributed by atoms with van der Waals surface area (Å²) in [6.07, 6.45) is 14.2. The molecule has 2 atom stereocenters. The van der Waals surface area contributed by atoms with Gasteiger partial charge in [-0.15, -0.1) is 0 Å². The molecule has 1 aliphatic carbocycles. The van der Waals surface area contributed by atoms with Crippen LogP contribution in [0, 0.1) is 24.2 Å². The minimum absolute atomic E-state index is 0.0728. The monoisotopic (exact) mass is 652 g/mol. The van der Waals surface area contributed by atoms with Crippen molar-refractivity contribution in [3.63, 3.8) is 0 Å². The van der Waals surface area contributed by atoms with Gasteiger partial charge in [0, 0.05) is 37.2 Å². The predicted octanol–water partition coefficient (Wildman–Crippen LogP) is 8.73. The number of hydrogen-bond donors (Lipinski definition) is 2. The number of nitrogens with zero attached hydrogens (tertiary/aromatic N) is 2. The fourth-order valence-electron chi connectivity index (χ4n) is 6.91. The van der Waals surface area contributed by atoms with E-state index < -0.39 is 0 Å². The van der Waals surface area contributed by atoms with Crippen LogP contribution in [0.4, 0.5) is 5.69 Å². The maximum Gasteiger partial charge on any atom is 0.277 e. The maximum absolute atomic E-state index is 13.4. The molecule has 1 aliphatic heterocycles. The van der Waals surface area contributed by atoms with Crippen molar-refractivity contribution in [1.29, 1.82) is 5.41 Å². The van der Waals surface area contributed by atoms with Crippen molar-refractivity contribution in [1.82, 2.24) is 9.88 Å². The third kappa shape index (κ3) is 9.74. The first kappa shape index (κ1) is 35.2. The van der Waals surface area contributed by atoms with E-state index in [1.807, 2.05) is 13.1 Å². The normalized spacial score (nSPS) is 16.9. The number of likely N-dealkylation sites (tertiary alicyclic amines) is 1. The summed E-state index contributed by atoms with van der Waals surface area (Å²) in [4.78, 5) is 44.9. The Morgan fingerprint density at radius 3 is 2.62 bits per heavy atom. The van der Waals surface area contributed by atoms with Gasteiger partial charge in [-0.2, -0.15) is 0 Å². The molecule has 3 aromatic rings. The van der Waals surface area contributed by atoms with Gasteiger partial charge in [0.25, 0.3) is 5.91 Å². The number of rotatable bonds is 18. The second kappa shape index (κ2) is 16.8. The molecule has 0 bridgehead atoms. The van der Waals surface area contributed by atoms with Crippen LogP contribution in [0.25, 0.3) is 0 Å². The first-order valence-corrected chi connectivity index (χ1v) is 18.0. The Morgan fingerprint density at radius 1 is 1.06 bits per heavy atom. The van der Waals surface area contributed by atoms with Crippen LogP contribution >= 0.6 is 0 Å². The molecule has 8 heteroatoms. The molecule has 0 radical (unpaired) electrons. The van der Waals surface area contributed by atoms with Crippen LogP contribution in [0.15, 0.2) is 53.1 Å². The zero-order chi connectivity index (χ0) is 34.0. The molecular weight excluding hydrogens is 600 g/mol. The Balaban J connectivity index is 1.22. The molecular formula is C40H52N4O4. The van der Waals surface area contributed by atoms with Gasteiger partial charge in [-0.3, -0.25) is 14.4 Å². The highest BCUT2D eigenvalue weighted by Crippen LogP contribution is 2.39. The smallest absolute Gasteiger partial charge is 0.277 e. The van der Waals surface area contributed by atoms with Crippen LogP contribution < -0.4 is 5.32 Å². The highest BCUT2D eigenvalue weighted by molar-refractivity contribution is 6.45. The lowest BCUT2D eigenvalue weighted by molar-refractivity contribution is -0.133. The van der Waals surface area contributed by atoms with Gasteiger partial charge in [0.15, 0.2) is 11.6 Å². The summed E-state index contributed by atoms with van der Waals surface area (Å²) in [6.45, 7) is 5.22. The average molecular weight is 653 g/mol. The first-order valence-electron chi connectivity index (χ1n) is 18.0. The quantitative estimate of drug-likeness (QED) is 0.0810. The topological polar surface area (TPSA) is 116 Å².